The van der Waals surface area contributed by atoms with Gasteiger partial charge in [-0.2, -0.15) is 4.31 Å². The summed E-state index contributed by atoms with van der Waals surface area (Å²) >= 11 is 0. The number of aryl methyl sites for hydroxylation is 1. The van der Waals surface area contributed by atoms with E-state index in [-0.39, 0.29) is 11.0 Å². The lowest BCUT2D eigenvalue weighted by molar-refractivity contribution is 0.0585. The van der Waals surface area contributed by atoms with Gasteiger partial charge in [0.05, 0.1) is 7.11 Å². The van der Waals surface area contributed by atoms with Gasteiger partial charge in [-0.25, -0.2) is 8.42 Å². The summed E-state index contributed by atoms with van der Waals surface area (Å²) in [5.74, 6) is 1.29. The predicted molar refractivity (Wildman–Crippen MR) is 124 cm³/mol. The Bertz CT molecular complexity index is 984. The molecule has 0 atom stereocenters. The summed E-state index contributed by atoms with van der Waals surface area (Å²) in [4.78, 5) is 6.82. The van der Waals surface area contributed by atoms with Crippen LogP contribution in [0.25, 0.3) is 0 Å². The molecule has 8 heteroatoms. The van der Waals surface area contributed by atoms with Crippen LogP contribution in [0.1, 0.15) is 38.2 Å². The molecule has 2 aromatic rings. The van der Waals surface area contributed by atoms with Crippen molar-refractivity contribution in [3.05, 3.63) is 48.3 Å². The largest absolute Gasteiger partial charge is 0.495 e. The van der Waals surface area contributed by atoms with Crippen LogP contribution in [-0.2, 0) is 16.4 Å². The maximum Gasteiger partial charge on any atom is 0.246 e. The molecule has 0 saturated carbocycles. The molecule has 0 amide bonds. The van der Waals surface area contributed by atoms with Crippen LogP contribution in [0.15, 0.2) is 47.6 Å². The van der Waals surface area contributed by atoms with Crippen molar-refractivity contribution >= 4 is 10.0 Å². The molecule has 4 rings (SSSR count). The van der Waals surface area contributed by atoms with Crippen LogP contribution in [0.4, 0.5) is 0 Å². The van der Waals surface area contributed by atoms with Gasteiger partial charge in [0.15, 0.2) is 0 Å². The van der Waals surface area contributed by atoms with E-state index in [9.17, 15) is 8.42 Å². The summed E-state index contributed by atoms with van der Waals surface area (Å²) in [5.41, 5.74) is 0.996. The van der Waals surface area contributed by atoms with E-state index in [1.165, 1.54) is 7.11 Å². The zero-order valence-corrected chi connectivity index (χ0v) is 19.8. The van der Waals surface area contributed by atoms with E-state index in [0.29, 0.717) is 24.9 Å². The van der Waals surface area contributed by atoms with Crippen molar-refractivity contribution in [2.24, 2.45) is 0 Å². The second-order valence-electron chi connectivity index (χ2n) is 8.51. The number of hydrogen-bond donors (Lipinski definition) is 0. The van der Waals surface area contributed by atoms with Crippen molar-refractivity contribution in [2.75, 3.05) is 33.3 Å². The van der Waals surface area contributed by atoms with E-state index in [2.05, 4.69) is 9.88 Å². The monoisotopic (exact) mass is 459 g/mol. The quantitative estimate of drug-likeness (QED) is 0.632. The lowest BCUT2D eigenvalue weighted by atomic mass is 10.00. The highest BCUT2D eigenvalue weighted by atomic mass is 32.2. The number of aromatic nitrogens is 1. The van der Waals surface area contributed by atoms with Gasteiger partial charge in [0.25, 0.3) is 0 Å². The van der Waals surface area contributed by atoms with Crippen molar-refractivity contribution in [1.29, 1.82) is 0 Å². The number of likely N-dealkylation sites (tertiary alicyclic amines) is 1. The minimum atomic E-state index is -3.57. The summed E-state index contributed by atoms with van der Waals surface area (Å²) in [6.45, 7) is 5.08. The van der Waals surface area contributed by atoms with E-state index < -0.39 is 10.0 Å². The highest BCUT2D eigenvalue weighted by molar-refractivity contribution is 7.89. The Hall–Kier alpha value is -2.16. The van der Waals surface area contributed by atoms with Crippen molar-refractivity contribution in [3.63, 3.8) is 0 Å². The van der Waals surface area contributed by atoms with Gasteiger partial charge in [-0.3, -0.25) is 4.98 Å². The van der Waals surface area contributed by atoms with Gasteiger partial charge in [0, 0.05) is 44.6 Å². The number of sulfonamides is 1. The highest BCUT2D eigenvalue weighted by Gasteiger charge is 2.34. The number of piperidine rings is 2. The third kappa shape index (κ3) is 5.08. The maximum atomic E-state index is 13.3. The van der Waals surface area contributed by atoms with E-state index in [1.807, 2.05) is 25.1 Å². The molecule has 2 aliphatic rings. The third-order valence-electron chi connectivity index (χ3n) is 6.62. The van der Waals surface area contributed by atoms with Crippen LogP contribution in [0.3, 0.4) is 0 Å². The first-order valence-electron chi connectivity index (χ1n) is 11.5. The molecule has 2 aliphatic heterocycles. The van der Waals surface area contributed by atoms with Crippen LogP contribution < -0.4 is 9.47 Å². The lowest BCUT2D eigenvalue weighted by Gasteiger charge is -2.41. The number of nitrogens with zero attached hydrogens (tertiary/aromatic N) is 3. The molecular weight excluding hydrogens is 426 g/mol. The average molecular weight is 460 g/mol. The molecule has 174 valence electrons. The number of rotatable bonds is 7. The summed E-state index contributed by atoms with van der Waals surface area (Å²) in [7, 11) is -2.05. The third-order valence-corrected chi connectivity index (χ3v) is 8.54. The second kappa shape index (κ2) is 10.2. The zero-order valence-electron chi connectivity index (χ0n) is 18.9. The predicted octanol–water partition coefficient (Wildman–Crippen LogP) is 3.35. The Balaban J connectivity index is 1.33. The van der Waals surface area contributed by atoms with Gasteiger partial charge in [-0.15, -0.1) is 0 Å². The standard InChI is InChI=1S/C24H33N3O4S/c1-3-19-4-5-23(30-2)24(18-19)32(28,29)27-16-8-20(9-17-27)26-14-10-22(11-15-26)31-21-6-12-25-13-7-21/h4-7,12-13,18,20,22H,3,8-11,14-17H2,1-2H3. The Morgan fingerprint density at radius 1 is 1.00 bits per heavy atom. The molecule has 0 aliphatic carbocycles. The van der Waals surface area contributed by atoms with E-state index in [0.717, 1.165) is 56.5 Å². The van der Waals surface area contributed by atoms with Gasteiger partial charge < -0.3 is 14.4 Å². The highest BCUT2D eigenvalue weighted by Crippen LogP contribution is 2.31. The van der Waals surface area contributed by atoms with Gasteiger partial charge in [0.2, 0.25) is 10.0 Å². The van der Waals surface area contributed by atoms with Crippen molar-refractivity contribution < 1.29 is 17.9 Å². The Labute approximate surface area is 191 Å². The number of pyridine rings is 1. The van der Waals surface area contributed by atoms with Crippen LogP contribution >= 0.6 is 0 Å². The van der Waals surface area contributed by atoms with Crippen LogP contribution in [0.2, 0.25) is 0 Å². The fourth-order valence-corrected chi connectivity index (χ4v) is 6.37. The fraction of sp³-hybridized carbons (Fsp3) is 0.542. The molecule has 32 heavy (non-hydrogen) atoms. The van der Waals surface area contributed by atoms with Gasteiger partial charge in [-0.05, 0) is 61.9 Å². The zero-order chi connectivity index (χ0) is 22.6. The van der Waals surface area contributed by atoms with E-state index in [1.54, 1.807) is 28.8 Å². The van der Waals surface area contributed by atoms with E-state index >= 15 is 0 Å². The molecule has 1 aromatic heterocycles. The normalized spacial score (nSPS) is 19.7. The van der Waals surface area contributed by atoms with Crippen molar-refractivity contribution in [2.45, 2.75) is 56.1 Å². The number of benzene rings is 1. The van der Waals surface area contributed by atoms with Crippen molar-refractivity contribution in [1.82, 2.24) is 14.2 Å². The maximum absolute atomic E-state index is 13.3. The topological polar surface area (TPSA) is 72.0 Å². The molecule has 0 unspecified atom stereocenters. The summed E-state index contributed by atoms with van der Waals surface area (Å²) in [6, 6.07) is 9.66. The second-order valence-corrected chi connectivity index (χ2v) is 10.4. The molecule has 2 fully saturated rings. The van der Waals surface area contributed by atoms with Gasteiger partial charge >= 0.3 is 0 Å². The smallest absolute Gasteiger partial charge is 0.246 e. The Kier molecular flexibility index (Phi) is 7.33. The van der Waals surface area contributed by atoms with Crippen molar-refractivity contribution in [3.8, 4) is 11.5 Å². The number of ether oxygens (including phenoxy) is 2. The minimum absolute atomic E-state index is 0.229. The number of methoxy groups -OCH3 is 1. The molecule has 0 bridgehead atoms. The molecule has 0 radical (unpaired) electrons. The number of hydrogen-bond acceptors (Lipinski definition) is 6. The lowest BCUT2D eigenvalue weighted by Crippen LogP contribution is -2.50. The van der Waals surface area contributed by atoms with Crippen LogP contribution in [0, 0.1) is 0 Å². The van der Waals surface area contributed by atoms with Crippen LogP contribution in [-0.4, -0.2) is 68.0 Å². The first-order chi connectivity index (χ1) is 15.5. The SMILES string of the molecule is CCc1ccc(OC)c(S(=O)(=O)N2CCC(N3CCC(Oc4ccncc4)CC3)CC2)c1. The minimum Gasteiger partial charge on any atom is -0.495 e. The van der Waals surface area contributed by atoms with Crippen LogP contribution in [0.5, 0.6) is 11.5 Å². The Morgan fingerprint density at radius 2 is 1.69 bits per heavy atom. The molecule has 3 heterocycles. The van der Waals surface area contributed by atoms with Gasteiger partial charge in [-0.1, -0.05) is 13.0 Å². The van der Waals surface area contributed by atoms with Gasteiger partial charge in [0.1, 0.15) is 22.5 Å². The fourth-order valence-electron chi connectivity index (χ4n) is 4.70. The summed E-state index contributed by atoms with van der Waals surface area (Å²) in [6.07, 6.45) is 8.20. The Morgan fingerprint density at radius 3 is 2.31 bits per heavy atom. The summed E-state index contributed by atoms with van der Waals surface area (Å²) < 4.78 is 39.8. The molecule has 0 N–H and O–H groups in total. The van der Waals surface area contributed by atoms with E-state index in [4.69, 9.17) is 9.47 Å². The molecule has 1 aromatic carbocycles. The first-order valence-corrected chi connectivity index (χ1v) is 12.9. The molecule has 0 spiro atoms. The molecule has 2 saturated heterocycles. The molecular formula is C24H33N3O4S. The molecule has 7 nitrogen and oxygen atoms in total. The summed E-state index contributed by atoms with van der Waals surface area (Å²) in [5, 5.41) is 0. The average Bonchev–Trinajstić information content (AvgIpc) is 2.85. The first kappa shape index (κ1) is 23.0.